The summed E-state index contributed by atoms with van der Waals surface area (Å²) < 4.78 is 35.2. The summed E-state index contributed by atoms with van der Waals surface area (Å²) >= 11 is 0. The molecule has 2 aliphatic carbocycles. The van der Waals surface area contributed by atoms with Gasteiger partial charge in [-0.05, 0) is 84.5 Å². The first-order valence-corrected chi connectivity index (χ1v) is 14.9. The number of benzene rings is 4. The van der Waals surface area contributed by atoms with Gasteiger partial charge in [0.1, 0.15) is 29.4 Å². The molecule has 0 spiro atoms. The number of hydrogen-bond acceptors (Lipinski definition) is 7. The Hall–Kier alpha value is -6.49. The molecule has 0 heterocycles. The third-order valence-electron chi connectivity index (χ3n) is 6.68. The zero-order valence-electron chi connectivity index (χ0n) is 25.8. The molecule has 9 nitrogen and oxygen atoms in total. The molecule has 49 heavy (non-hydrogen) atoms. The van der Waals surface area contributed by atoms with Crippen LogP contribution in [0.2, 0.25) is 0 Å². The van der Waals surface area contributed by atoms with Crippen LogP contribution in [0.25, 0.3) is 6.08 Å². The average Bonchev–Trinajstić information content (AvgIpc) is 3.67. The second-order valence-electron chi connectivity index (χ2n) is 10.4. The van der Waals surface area contributed by atoms with E-state index >= 15 is 0 Å². The van der Waals surface area contributed by atoms with Gasteiger partial charge in [0, 0.05) is 17.6 Å². The van der Waals surface area contributed by atoms with Crippen LogP contribution in [0.3, 0.4) is 0 Å². The van der Waals surface area contributed by atoms with Crippen LogP contribution < -0.4 is 20.1 Å². The highest BCUT2D eigenvalue weighted by Crippen LogP contribution is 2.19. The molecule has 2 aliphatic rings. The number of carbonyl (C=O) groups is 5. The lowest BCUT2D eigenvalue weighted by atomic mass is 10.1. The average molecular weight is 665 g/mol. The van der Waals surface area contributed by atoms with E-state index < -0.39 is 18.2 Å². The van der Waals surface area contributed by atoms with Crippen LogP contribution in [-0.2, 0) is 9.59 Å². The maximum atomic E-state index is 13.0. The van der Waals surface area contributed by atoms with Gasteiger partial charge in [0.25, 0.3) is 0 Å². The van der Waals surface area contributed by atoms with Crippen LogP contribution in [0.15, 0.2) is 139 Å². The number of aldehydes is 1. The molecule has 0 fully saturated rings. The van der Waals surface area contributed by atoms with Crippen molar-refractivity contribution in [3.8, 4) is 11.5 Å². The second-order valence-corrected chi connectivity index (χ2v) is 10.4. The molecule has 0 saturated carbocycles. The minimum Gasteiger partial charge on any atom is -0.410 e. The largest absolute Gasteiger partial charge is 0.413 e. The lowest BCUT2D eigenvalue weighted by molar-refractivity contribution is -0.114. The summed E-state index contributed by atoms with van der Waals surface area (Å²) in [6.07, 6.45) is 7.51. The molecule has 2 amide bonds. The Bertz CT molecular complexity index is 1840. The summed E-state index contributed by atoms with van der Waals surface area (Å²) in [7, 11) is 0. The molecule has 2 N–H and O–H groups in total. The van der Waals surface area contributed by atoms with Crippen LogP contribution >= 0.6 is 0 Å². The molecule has 4 aromatic carbocycles. The number of nitrogens with one attached hydrogen (secondary N) is 2. The van der Waals surface area contributed by atoms with E-state index in [2.05, 4.69) is 10.6 Å². The number of hydrogen-bond donors (Lipinski definition) is 2. The van der Waals surface area contributed by atoms with Crippen molar-refractivity contribution in [1.29, 1.82) is 0 Å². The fraction of sp³-hybridized carbons (Fsp3) is 0.0789. The van der Waals surface area contributed by atoms with E-state index in [9.17, 15) is 32.8 Å². The van der Waals surface area contributed by atoms with Crippen molar-refractivity contribution in [3.05, 3.63) is 162 Å². The van der Waals surface area contributed by atoms with Gasteiger partial charge in [-0.1, -0.05) is 60.7 Å². The summed E-state index contributed by atoms with van der Waals surface area (Å²) in [4.78, 5) is 56.2. The van der Waals surface area contributed by atoms with Crippen LogP contribution in [0.1, 0.15) is 22.3 Å². The topological polar surface area (TPSA) is 128 Å². The monoisotopic (exact) mass is 664 g/mol. The van der Waals surface area contributed by atoms with E-state index in [4.69, 9.17) is 9.47 Å². The Morgan fingerprint density at radius 2 is 1.16 bits per heavy atom. The Balaban J connectivity index is 0.000000185. The molecule has 0 aromatic heterocycles. The van der Waals surface area contributed by atoms with E-state index in [0.29, 0.717) is 40.9 Å². The minimum absolute atomic E-state index is 0.0185. The molecule has 0 aliphatic heterocycles. The zero-order valence-corrected chi connectivity index (χ0v) is 25.8. The number of allylic oxidation sites excluding steroid dienone is 2. The van der Waals surface area contributed by atoms with Crippen LogP contribution in [-0.4, -0.2) is 42.1 Å². The molecule has 2 atom stereocenters. The van der Waals surface area contributed by atoms with E-state index in [1.54, 1.807) is 78.9 Å². The fourth-order valence-electron chi connectivity index (χ4n) is 4.31. The van der Waals surface area contributed by atoms with Crippen molar-refractivity contribution in [1.82, 2.24) is 10.6 Å². The summed E-state index contributed by atoms with van der Waals surface area (Å²) in [6, 6.07) is 27.7. The molecule has 0 saturated heterocycles. The maximum Gasteiger partial charge on any atom is 0.413 e. The van der Waals surface area contributed by atoms with Gasteiger partial charge in [0.05, 0.1) is 12.1 Å². The highest BCUT2D eigenvalue weighted by molar-refractivity contribution is 6.11. The molecule has 0 bridgehead atoms. The van der Waals surface area contributed by atoms with Gasteiger partial charge >= 0.3 is 12.2 Å². The lowest BCUT2D eigenvalue weighted by Crippen LogP contribution is -2.36. The van der Waals surface area contributed by atoms with E-state index in [1.807, 2.05) is 12.1 Å². The highest BCUT2D eigenvalue weighted by atomic mass is 19.1. The smallest absolute Gasteiger partial charge is 0.410 e. The van der Waals surface area contributed by atoms with E-state index in [1.165, 1.54) is 48.6 Å². The summed E-state index contributed by atoms with van der Waals surface area (Å²) in [6.45, 7) is 0. The second kappa shape index (κ2) is 18.0. The SMILES string of the molecule is O=C(NC1C=CC(=O)/C1=C/c1ccc(F)cc1)Oc1ccccc1.O=C1C=CC(NC(=O)Oc2ccccc2)C1.O=Cc1ccc(F)cc1. The Kier molecular flexibility index (Phi) is 13.0. The first-order valence-electron chi connectivity index (χ1n) is 14.9. The zero-order chi connectivity index (χ0) is 35.0. The molecule has 6 rings (SSSR count). The number of carbonyl (C=O) groups excluding carboxylic acids is 5. The molecule has 11 heteroatoms. The number of ether oxygens (including phenoxy) is 2. The van der Waals surface area contributed by atoms with Crippen molar-refractivity contribution in [2.45, 2.75) is 18.5 Å². The normalized spacial score (nSPS) is 16.5. The van der Waals surface area contributed by atoms with Gasteiger partial charge in [-0.15, -0.1) is 0 Å². The molecular formula is C38H30F2N2O7. The van der Waals surface area contributed by atoms with Crippen molar-refractivity contribution in [2.75, 3.05) is 0 Å². The predicted octanol–water partition coefficient (Wildman–Crippen LogP) is 6.82. The van der Waals surface area contributed by atoms with Crippen LogP contribution in [0, 0.1) is 11.6 Å². The van der Waals surface area contributed by atoms with Crippen molar-refractivity contribution in [3.63, 3.8) is 0 Å². The molecule has 0 radical (unpaired) electrons. The summed E-state index contributed by atoms with van der Waals surface area (Å²) in [5, 5.41) is 5.22. The summed E-state index contributed by atoms with van der Waals surface area (Å²) in [5.74, 6) is 0.0322. The minimum atomic E-state index is -0.657. The van der Waals surface area contributed by atoms with Crippen LogP contribution in [0.4, 0.5) is 18.4 Å². The Labute approximate surface area is 280 Å². The van der Waals surface area contributed by atoms with Gasteiger partial charge in [0.2, 0.25) is 0 Å². The Morgan fingerprint density at radius 3 is 1.65 bits per heavy atom. The third-order valence-corrected chi connectivity index (χ3v) is 6.68. The molecular weight excluding hydrogens is 634 g/mol. The van der Waals surface area contributed by atoms with Crippen molar-refractivity contribution < 1.29 is 42.2 Å². The first-order chi connectivity index (χ1) is 23.7. The number of rotatable bonds is 6. The van der Waals surface area contributed by atoms with Crippen LogP contribution in [0.5, 0.6) is 11.5 Å². The van der Waals surface area contributed by atoms with E-state index in [0.717, 1.165) is 0 Å². The highest BCUT2D eigenvalue weighted by Gasteiger charge is 2.25. The quantitative estimate of drug-likeness (QED) is 0.171. The number of halogens is 2. The van der Waals surface area contributed by atoms with Gasteiger partial charge < -0.3 is 20.1 Å². The summed E-state index contributed by atoms with van der Waals surface area (Å²) in [5.41, 5.74) is 1.56. The standard InChI is InChI=1S/C19H14FNO3.C12H11NO3.C7H5FO/c20-14-8-6-13(7-9-14)12-16-17(10-11-18(16)22)21-19(23)24-15-4-2-1-3-5-15;14-10-7-6-9(8-10)13-12(15)16-11-4-2-1-3-5-11;8-7-3-1-6(5-9)2-4-7/h1-12,17H,(H,21,23);1-7,9H,8H2,(H,13,15);1-5H/b16-12+;;. The maximum absolute atomic E-state index is 13.0. The molecule has 4 aromatic rings. The third kappa shape index (κ3) is 12.0. The van der Waals surface area contributed by atoms with Crippen molar-refractivity contribution >= 4 is 36.1 Å². The Morgan fingerprint density at radius 1 is 0.653 bits per heavy atom. The number of ketones is 2. The lowest BCUT2D eigenvalue weighted by Gasteiger charge is -2.13. The van der Waals surface area contributed by atoms with Gasteiger partial charge in [-0.25, -0.2) is 18.4 Å². The van der Waals surface area contributed by atoms with Gasteiger partial charge in [0.15, 0.2) is 11.6 Å². The predicted molar refractivity (Wildman–Crippen MR) is 178 cm³/mol. The van der Waals surface area contributed by atoms with Crippen molar-refractivity contribution in [2.24, 2.45) is 0 Å². The van der Waals surface area contributed by atoms with Gasteiger partial charge in [-0.2, -0.15) is 0 Å². The first kappa shape index (κ1) is 35.4. The number of amides is 2. The van der Waals surface area contributed by atoms with E-state index in [-0.39, 0.29) is 29.2 Å². The molecule has 248 valence electrons. The van der Waals surface area contributed by atoms with Gasteiger partial charge in [-0.3, -0.25) is 14.4 Å². The number of para-hydroxylation sites is 2. The molecule has 2 unspecified atom stereocenters. The fourth-order valence-corrected chi connectivity index (χ4v) is 4.31.